The van der Waals surface area contributed by atoms with E-state index >= 15 is 0 Å². The standard InChI is InChI=1S/C20H37O8P/c1-5-7-26-20-9-19(10-20,11-20)12-25-18-15(13(3)6-2)16(22)17(14(8-21)27-18)28-29(4,23)24/h13-18,21-22H,5-12H2,1-4H3,(H,23,24). The second kappa shape index (κ2) is 8.83. The molecule has 7 atom stereocenters. The quantitative estimate of drug-likeness (QED) is 0.423. The number of rotatable bonds is 11. The average molecular weight is 436 g/mol. The van der Waals surface area contributed by atoms with E-state index in [0.29, 0.717) is 6.61 Å². The van der Waals surface area contributed by atoms with Gasteiger partial charge in [-0.25, -0.2) is 0 Å². The summed E-state index contributed by atoms with van der Waals surface area (Å²) in [5.74, 6) is -0.375. The summed E-state index contributed by atoms with van der Waals surface area (Å²) in [5, 5.41) is 20.7. The van der Waals surface area contributed by atoms with Crippen molar-refractivity contribution in [1.29, 1.82) is 0 Å². The zero-order chi connectivity index (χ0) is 21.4. The molecule has 1 heterocycles. The molecule has 0 radical (unpaired) electrons. The molecule has 170 valence electrons. The number of hydrogen-bond donors (Lipinski definition) is 3. The maximum Gasteiger partial charge on any atom is 0.325 e. The van der Waals surface area contributed by atoms with Gasteiger partial charge in [0.15, 0.2) is 6.29 Å². The van der Waals surface area contributed by atoms with E-state index in [1.165, 1.54) is 0 Å². The van der Waals surface area contributed by atoms with E-state index in [0.717, 1.165) is 45.4 Å². The Morgan fingerprint density at radius 3 is 2.45 bits per heavy atom. The van der Waals surface area contributed by atoms with E-state index in [1.54, 1.807) is 0 Å². The van der Waals surface area contributed by atoms with Crippen molar-refractivity contribution in [2.24, 2.45) is 17.3 Å². The Kier molecular flexibility index (Phi) is 7.19. The van der Waals surface area contributed by atoms with Crippen molar-refractivity contribution in [2.75, 3.05) is 26.5 Å². The number of aliphatic hydroxyl groups is 2. The number of aliphatic hydroxyl groups excluding tert-OH is 2. The van der Waals surface area contributed by atoms with Crippen LogP contribution in [0.1, 0.15) is 52.9 Å². The molecule has 4 aliphatic rings. The summed E-state index contributed by atoms with van der Waals surface area (Å²) in [4.78, 5) is 9.63. The fourth-order valence-corrected chi connectivity index (χ4v) is 5.96. The van der Waals surface area contributed by atoms with Crippen LogP contribution < -0.4 is 0 Å². The molecule has 0 spiro atoms. The predicted octanol–water partition coefficient (Wildman–Crippen LogP) is 2.29. The molecule has 4 rings (SSSR count). The van der Waals surface area contributed by atoms with Crippen LogP contribution in [-0.2, 0) is 23.3 Å². The lowest BCUT2D eigenvalue weighted by molar-refractivity contribution is -0.338. The van der Waals surface area contributed by atoms with E-state index in [-0.39, 0.29) is 16.9 Å². The van der Waals surface area contributed by atoms with Gasteiger partial charge in [-0.05, 0) is 31.6 Å². The molecule has 0 aromatic heterocycles. The van der Waals surface area contributed by atoms with E-state index in [4.69, 9.17) is 18.7 Å². The summed E-state index contributed by atoms with van der Waals surface area (Å²) in [5.41, 5.74) is 0.159. The Morgan fingerprint density at radius 1 is 1.28 bits per heavy atom. The van der Waals surface area contributed by atoms with Crippen LogP contribution in [0.3, 0.4) is 0 Å². The van der Waals surface area contributed by atoms with Gasteiger partial charge < -0.3 is 29.3 Å². The molecule has 0 aromatic rings. The van der Waals surface area contributed by atoms with Crippen molar-refractivity contribution >= 4 is 7.60 Å². The second-order valence-electron chi connectivity index (χ2n) is 9.42. The highest BCUT2D eigenvalue weighted by Crippen LogP contribution is 2.69. The normalized spacial score (nSPS) is 44.4. The van der Waals surface area contributed by atoms with Crippen molar-refractivity contribution in [3.05, 3.63) is 0 Å². The van der Waals surface area contributed by atoms with Crippen molar-refractivity contribution in [3.8, 4) is 0 Å². The van der Waals surface area contributed by atoms with E-state index in [2.05, 4.69) is 6.92 Å². The first-order valence-electron chi connectivity index (χ1n) is 10.8. The molecule has 7 unspecified atom stereocenters. The highest BCUT2D eigenvalue weighted by atomic mass is 31.2. The first-order chi connectivity index (χ1) is 13.6. The lowest BCUT2D eigenvalue weighted by Crippen LogP contribution is -2.70. The topological polar surface area (TPSA) is 115 Å². The van der Waals surface area contributed by atoms with Crippen molar-refractivity contribution in [3.63, 3.8) is 0 Å². The molecule has 0 amide bonds. The molecule has 8 nitrogen and oxygen atoms in total. The Hall–Kier alpha value is -0.0500. The van der Waals surface area contributed by atoms with Crippen LogP contribution in [0.25, 0.3) is 0 Å². The lowest BCUT2D eigenvalue weighted by atomic mass is 9.41. The second-order valence-corrected chi connectivity index (χ2v) is 11.2. The molecule has 1 aliphatic heterocycles. The smallest absolute Gasteiger partial charge is 0.325 e. The summed E-state index contributed by atoms with van der Waals surface area (Å²) >= 11 is 0. The highest BCUT2D eigenvalue weighted by molar-refractivity contribution is 7.51. The molecule has 29 heavy (non-hydrogen) atoms. The summed E-state index contributed by atoms with van der Waals surface area (Å²) in [6, 6.07) is 0. The van der Waals surface area contributed by atoms with Crippen LogP contribution >= 0.6 is 7.60 Å². The van der Waals surface area contributed by atoms with E-state index in [1.807, 2.05) is 13.8 Å². The molecule has 3 N–H and O–H groups in total. The third-order valence-electron chi connectivity index (χ3n) is 6.78. The van der Waals surface area contributed by atoms with Crippen molar-refractivity contribution < 1.29 is 38.4 Å². The van der Waals surface area contributed by atoms with Gasteiger partial charge >= 0.3 is 7.60 Å². The molecule has 4 fully saturated rings. The van der Waals surface area contributed by atoms with Gasteiger partial charge in [-0.2, -0.15) is 0 Å². The number of ether oxygens (including phenoxy) is 3. The Balaban J connectivity index is 1.64. The van der Waals surface area contributed by atoms with E-state index < -0.39 is 44.7 Å². The third-order valence-corrected chi connectivity index (χ3v) is 7.41. The van der Waals surface area contributed by atoms with Gasteiger partial charge in [-0.3, -0.25) is 9.09 Å². The molecule has 3 saturated carbocycles. The SMILES string of the molecule is CCCOC12CC(COC3OC(CO)C(OP(C)(=O)O)C(O)C3C(C)CC)(C1)C2. The predicted molar refractivity (Wildman–Crippen MR) is 107 cm³/mol. The van der Waals surface area contributed by atoms with Crippen LogP contribution in [0.5, 0.6) is 0 Å². The molecule has 1 saturated heterocycles. The zero-order valence-corrected chi connectivity index (χ0v) is 18.8. The molecule has 3 aliphatic carbocycles. The van der Waals surface area contributed by atoms with Crippen LogP contribution in [-0.4, -0.2) is 71.8 Å². The van der Waals surface area contributed by atoms with E-state index in [9.17, 15) is 19.7 Å². The number of hydrogen-bond acceptors (Lipinski definition) is 7. The fraction of sp³-hybridized carbons (Fsp3) is 1.00. The minimum absolute atomic E-state index is 0.0401. The van der Waals surface area contributed by atoms with Crippen molar-refractivity contribution in [2.45, 2.75) is 83.1 Å². The third kappa shape index (κ3) is 4.90. The van der Waals surface area contributed by atoms with Crippen LogP contribution in [0.4, 0.5) is 0 Å². The minimum atomic E-state index is -3.86. The summed E-state index contributed by atoms with van der Waals surface area (Å²) in [6.07, 6.45) is 0.972. The molecule has 2 bridgehead atoms. The highest BCUT2D eigenvalue weighted by Gasteiger charge is 2.69. The minimum Gasteiger partial charge on any atom is -0.394 e. The van der Waals surface area contributed by atoms with Crippen LogP contribution in [0.2, 0.25) is 0 Å². The average Bonchev–Trinajstić information content (AvgIpc) is 2.59. The van der Waals surface area contributed by atoms with Gasteiger partial charge in [0.05, 0.1) is 24.9 Å². The van der Waals surface area contributed by atoms with Gasteiger partial charge in [0, 0.05) is 24.6 Å². The summed E-state index contributed by atoms with van der Waals surface area (Å²) < 4.78 is 35.0. The maximum absolute atomic E-state index is 11.8. The molecular formula is C20H37O8P. The lowest BCUT2D eigenvalue weighted by Gasteiger charge is -2.69. The van der Waals surface area contributed by atoms with Gasteiger partial charge in [-0.1, -0.05) is 27.2 Å². The van der Waals surface area contributed by atoms with Gasteiger partial charge in [-0.15, -0.1) is 0 Å². The fourth-order valence-electron chi connectivity index (χ4n) is 5.25. The summed E-state index contributed by atoms with van der Waals surface area (Å²) in [7, 11) is -3.86. The summed E-state index contributed by atoms with van der Waals surface area (Å²) in [6.45, 7) is 8.04. The first kappa shape index (κ1) is 23.6. The Morgan fingerprint density at radius 2 is 1.93 bits per heavy atom. The molecule has 9 heteroatoms. The zero-order valence-electron chi connectivity index (χ0n) is 18.0. The Bertz CT molecular complexity index is 588. The maximum atomic E-state index is 11.8. The molecular weight excluding hydrogens is 399 g/mol. The Labute approximate surface area is 173 Å². The van der Waals surface area contributed by atoms with Crippen LogP contribution in [0.15, 0.2) is 0 Å². The van der Waals surface area contributed by atoms with Gasteiger partial charge in [0.25, 0.3) is 0 Å². The van der Waals surface area contributed by atoms with Crippen molar-refractivity contribution in [1.82, 2.24) is 0 Å². The van der Waals surface area contributed by atoms with Crippen LogP contribution in [0, 0.1) is 17.3 Å². The van der Waals surface area contributed by atoms with Gasteiger partial charge in [0.2, 0.25) is 0 Å². The monoisotopic (exact) mass is 436 g/mol. The van der Waals surface area contributed by atoms with Gasteiger partial charge in [0.1, 0.15) is 12.2 Å². The largest absolute Gasteiger partial charge is 0.394 e. The molecule has 0 aromatic carbocycles. The first-order valence-corrected chi connectivity index (χ1v) is 12.8.